The summed E-state index contributed by atoms with van der Waals surface area (Å²) in [7, 11) is 0. The average Bonchev–Trinajstić information content (AvgIpc) is 3.37. The van der Waals surface area contributed by atoms with Gasteiger partial charge in [0.2, 0.25) is 0 Å². The minimum absolute atomic E-state index is 0.0633. The highest BCUT2D eigenvalue weighted by atomic mass is 16.5. The molecule has 0 spiro atoms. The van der Waals surface area contributed by atoms with Crippen LogP contribution in [0.15, 0.2) is 81.5 Å². The molecule has 1 aromatic heterocycles. The number of rotatable bonds is 14. The summed E-state index contributed by atoms with van der Waals surface area (Å²) in [6.45, 7) is 9.24. The molecule has 1 N–H and O–H groups in total. The van der Waals surface area contributed by atoms with Crippen molar-refractivity contribution >= 4 is 5.84 Å². The van der Waals surface area contributed by atoms with Crippen LogP contribution in [0.3, 0.4) is 0 Å². The van der Waals surface area contributed by atoms with Gasteiger partial charge in [0.25, 0.3) is 0 Å². The Morgan fingerprint density at radius 2 is 2.00 bits per heavy atom. The molecule has 0 bridgehead atoms. The third-order valence-corrected chi connectivity index (χ3v) is 6.18. The van der Waals surface area contributed by atoms with E-state index in [-0.39, 0.29) is 12.5 Å². The lowest BCUT2D eigenvalue weighted by atomic mass is 10.00. The van der Waals surface area contributed by atoms with Crippen LogP contribution in [-0.4, -0.2) is 40.7 Å². The molecular formula is C30H41N3O3. The molecule has 0 fully saturated rings. The van der Waals surface area contributed by atoms with Crippen LogP contribution < -0.4 is 0 Å². The number of aliphatic hydroxyl groups excluding tert-OH is 1. The molecule has 3 rings (SSSR count). The number of unbranched alkanes of at least 4 members (excludes halogenated alkanes) is 2. The molecule has 0 saturated carbocycles. The summed E-state index contributed by atoms with van der Waals surface area (Å²) in [6.07, 6.45) is 13.5. The number of aromatic nitrogens is 1. The fourth-order valence-corrected chi connectivity index (χ4v) is 4.19. The molecule has 0 radical (unpaired) electrons. The Morgan fingerprint density at radius 3 is 2.75 bits per heavy atom. The van der Waals surface area contributed by atoms with E-state index in [0.717, 1.165) is 73.7 Å². The maximum Gasteiger partial charge on any atom is 0.162 e. The lowest BCUT2D eigenvalue weighted by Crippen LogP contribution is -2.36. The van der Waals surface area contributed by atoms with E-state index < -0.39 is 0 Å². The highest BCUT2D eigenvalue weighted by molar-refractivity contribution is 5.85. The van der Waals surface area contributed by atoms with Gasteiger partial charge < -0.3 is 19.3 Å². The topological polar surface area (TPSA) is 71.1 Å². The summed E-state index contributed by atoms with van der Waals surface area (Å²) in [4.78, 5) is 7.49. The van der Waals surface area contributed by atoms with Crippen LogP contribution in [0.2, 0.25) is 0 Å². The molecule has 1 unspecified atom stereocenters. The second kappa shape index (κ2) is 15.2. The van der Waals surface area contributed by atoms with Crippen LogP contribution in [0.25, 0.3) is 0 Å². The Kier molecular flexibility index (Phi) is 11.7. The van der Waals surface area contributed by atoms with Gasteiger partial charge in [0.1, 0.15) is 12.4 Å². The number of hydrogen-bond acceptors (Lipinski definition) is 6. The number of nitrogens with zero attached hydrogens (tertiary/aromatic N) is 3. The molecule has 36 heavy (non-hydrogen) atoms. The lowest BCUT2D eigenvalue weighted by Gasteiger charge is -2.32. The predicted molar refractivity (Wildman–Crippen MR) is 146 cm³/mol. The number of aliphatic imine (C=N–C) groups is 1. The van der Waals surface area contributed by atoms with Crippen molar-refractivity contribution in [1.29, 1.82) is 0 Å². The average molecular weight is 492 g/mol. The Morgan fingerprint density at radius 1 is 1.17 bits per heavy atom. The van der Waals surface area contributed by atoms with E-state index in [1.54, 1.807) is 0 Å². The summed E-state index contributed by atoms with van der Waals surface area (Å²) < 4.78 is 11.4. The highest BCUT2D eigenvalue weighted by Gasteiger charge is 2.22. The minimum atomic E-state index is 0.0633. The molecule has 2 heterocycles. The Bertz CT molecular complexity index is 1040. The highest BCUT2D eigenvalue weighted by Crippen LogP contribution is 2.27. The number of allylic oxidation sites excluding steroid dienone is 3. The third-order valence-electron chi connectivity index (χ3n) is 6.18. The van der Waals surface area contributed by atoms with Gasteiger partial charge in [0.15, 0.2) is 5.76 Å². The van der Waals surface area contributed by atoms with Gasteiger partial charge in [-0.15, -0.1) is 0 Å². The SMILES string of the molecule is C/C=C\CN1CC(=C/CC)/C(=C\C(C)c2cc(COCc3ccccc3)on2)N=C1CCCCCO. The van der Waals surface area contributed by atoms with E-state index in [1.165, 1.54) is 5.57 Å². The zero-order valence-electron chi connectivity index (χ0n) is 22.0. The number of ether oxygens (including phenoxy) is 1. The summed E-state index contributed by atoms with van der Waals surface area (Å²) in [6, 6.07) is 12.1. The molecule has 0 saturated heterocycles. The third kappa shape index (κ3) is 8.61. The molecule has 0 amide bonds. The molecule has 1 aliphatic heterocycles. The minimum Gasteiger partial charge on any atom is -0.396 e. The second-order valence-electron chi connectivity index (χ2n) is 9.19. The fraction of sp³-hybridized carbons (Fsp3) is 0.467. The van der Waals surface area contributed by atoms with E-state index in [4.69, 9.17) is 19.4 Å². The predicted octanol–water partition coefficient (Wildman–Crippen LogP) is 6.56. The van der Waals surface area contributed by atoms with Crippen LogP contribution >= 0.6 is 0 Å². The summed E-state index contributed by atoms with van der Waals surface area (Å²) in [5, 5.41) is 13.4. The Labute approximate surface area is 216 Å². The summed E-state index contributed by atoms with van der Waals surface area (Å²) >= 11 is 0. The van der Waals surface area contributed by atoms with Gasteiger partial charge in [-0.3, -0.25) is 0 Å². The first-order valence-electron chi connectivity index (χ1n) is 13.2. The first-order chi connectivity index (χ1) is 17.6. The number of amidine groups is 1. The number of hydrogen-bond donors (Lipinski definition) is 1. The maximum absolute atomic E-state index is 9.13. The molecule has 2 aromatic rings. The van der Waals surface area contributed by atoms with E-state index in [0.29, 0.717) is 13.2 Å². The van der Waals surface area contributed by atoms with Crippen molar-refractivity contribution in [2.45, 2.75) is 72.0 Å². The van der Waals surface area contributed by atoms with E-state index in [2.05, 4.69) is 55.1 Å². The molecule has 0 aliphatic carbocycles. The van der Waals surface area contributed by atoms with Crippen LogP contribution in [-0.2, 0) is 18.0 Å². The Balaban J connectivity index is 1.72. The van der Waals surface area contributed by atoms with Crippen molar-refractivity contribution in [2.75, 3.05) is 19.7 Å². The van der Waals surface area contributed by atoms with Gasteiger partial charge in [-0.2, -0.15) is 0 Å². The van der Waals surface area contributed by atoms with Crippen molar-refractivity contribution in [1.82, 2.24) is 10.1 Å². The van der Waals surface area contributed by atoms with Crippen LogP contribution in [0.1, 0.15) is 75.8 Å². The van der Waals surface area contributed by atoms with Gasteiger partial charge in [0.05, 0.1) is 18.0 Å². The first-order valence-corrected chi connectivity index (χ1v) is 13.2. The molecular weight excluding hydrogens is 450 g/mol. The lowest BCUT2D eigenvalue weighted by molar-refractivity contribution is 0.0883. The number of benzene rings is 1. The van der Waals surface area contributed by atoms with Crippen LogP contribution in [0, 0.1) is 0 Å². The summed E-state index contributed by atoms with van der Waals surface area (Å²) in [5.41, 5.74) is 4.30. The standard InChI is InChI=1S/C30H41N3O3/c1-4-6-17-33-21-26(13-5-2)29(31-30(33)16-11-8-12-18-34)19-24(3)28-20-27(36-32-28)23-35-22-25-14-9-7-10-15-25/h4,6-7,9-10,13-15,19-20,24,34H,5,8,11-12,16-18,21-23H2,1-3H3/b6-4-,26-13-,29-19+. The molecule has 6 nitrogen and oxygen atoms in total. The molecule has 1 aliphatic rings. The largest absolute Gasteiger partial charge is 0.396 e. The Hall–Kier alpha value is -2.96. The van der Waals surface area contributed by atoms with Gasteiger partial charge in [0, 0.05) is 38.1 Å². The van der Waals surface area contributed by atoms with E-state index in [1.807, 2.05) is 36.4 Å². The molecule has 1 aromatic carbocycles. The second-order valence-corrected chi connectivity index (χ2v) is 9.19. The maximum atomic E-state index is 9.13. The van der Waals surface area contributed by atoms with Crippen molar-refractivity contribution in [3.63, 3.8) is 0 Å². The van der Waals surface area contributed by atoms with E-state index >= 15 is 0 Å². The molecule has 6 heteroatoms. The van der Waals surface area contributed by atoms with Crippen molar-refractivity contribution in [2.24, 2.45) is 4.99 Å². The molecule has 1 atom stereocenters. The molecule has 194 valence electrons. The smallest absolute Gasteiger partial charge is 0.162 e. The zero-order valence-corrected chi connectivity index (χ0v) is 22.0. The fourth-order valence-electron chi connectivity index (χ4n) is 4.19. The van der Waals surface area contributed by atoms with Crippen LogP contribution in [0.4, 0.5) is 0 Å². The van der Waals surface area contributed by atoms with Gasteiger partial charge >= 0.3 is 0 Å². The van der Waals surface area contributed by atoms with Gasteiger partial charge in [-0.05, 0) is 43.4 Å². The first kappa shape index (κ1) is 27.6. The van der Waals surface area contributed by atoms with Crippen molar-refractivity contribution in [3.8, 4) is 0 Å². The van der Waals surface area contributed by atoms with Crippen molar-refractivity contribution < 1.29 is 14.4 Å². The van der Waals surface area contributed by atoms with Crippen LogP contribution in [0.5, 0.6) is 0 Å². The normalized spacial score (nSPS) is 17.3. The monoisotopic (exact) mass is 491 g/mol. The van der Waals surface area contributed by atoms with Gasteiger partial charge in [-0.25, -0.2) is 4.99 Å². The zero-order chi connectivity index (χ0) is 25.6. The van der Waals surface area contributed by atoms with Gasteiger partial charge in [-0.1, -0.05) is 74.0 Å². The van der Waals surface area contributed by atoms with E-state index in [9.17, 15) is 0 Å². The quantitative estimate of drug-likeness (QED) is 0.239. The van der Waals surface area contributed by atoms with Crippen molar-refractivity contribution in [3.05, 3.63) is 89.0 Å². The summed E-state index contributed by atoms with van der Waals surface area (Å²) in [5.74, 6) is 1.91. The number of aliphatic hydroxyl groups is 1.